The quantitative estimate of drug-likeness (QED) is 0.549. The Morgan fingerprint density at radius 2 is 1.56 bits per heavy atom. The highest BCUT2D eigenvalue weighted by molar-refractivity contribution is 6.25. The van der Waals surface area contributed by atoms with Gasteiger partial charge in [0.1, 0.15) is 0 Å². The molecule has 0 radical (unpaired) electrons. The lowest BCUT2D eigenvalue weighted by Gasteiger charge is -2.26. The van der Waals surface area contributed by atoms with Crippen molar-refractivity contribution in [3.63, 3.8) is 0 Å². The Bertz CT molecular complexity index is 790. The van der Waals surface area contributed by atoms with Gasteiger partial charge < -0.3 is 10.5 Å². The van der Waals surface area contributed by atoms with Crippen LogP contribution >= 0.6 is 0 Å². The molecule has 2 rings (SSSR count). The summed E-state index contributed by atoms with van der Waals surface area (Å²) in [6.07, 6.45) is 2.40. The molecule has 2 N–H and O–H groups in total. The Morgan fingerprint density at radius 3 is 2.19 bits per heavy atom. The zero-order chi connectivity index (χ0) is 20.0. The lowest BCUT2D eigenvalue weighted by atomic mass is 9.76. The molecule has 0 spiro atoms. The number of amides is 1. The molecule has 1 atom stereocenters. The van der Waals surface area contributed by atoms with E-state index in [-0.39, 0.29) is 17.5 Å². The van der Waals surface area contributed by atoms with E-state index in [0.717, 1.165) is 24.8 Å². The fourth-order valence-electron chi connectivity index (χ4n) is 3.50. The number of carbonyl (C=O) groups is 3. The van der Waals surface area contributed by atoms with Crippen LogP contribution in [0.5, 0.6) is 0 Å². The predicted octanol–water partition coefficient (Wildman–Crippen LogP) is 4.23. The van der Waals surface area contributed by atoms with Gasteiger partial charge in [0.15, 0.2) is 11.6 Å². The average Bonchev–Trinajstić information content (AvgIpc) is 2.66. The standard InChI is InChI=1S/C22H27NO4/c1-14-15(2)21(25)19(16(3)20(14)24)18(17-10-6-4-7-11-17)12-8-5-9-13-27-22(23)26/h4,6-7,10-11,18H,5,8-9,12-13H2,1-3H3,(H2,23,26). The molecular weight excluding hydrogens is 342 g/mol. The highest BCUT2D eigenvalue weighted by atomic mass is 16.5. The number of Topliss-reactive ketones (excluding diaryl/α,β-unsaturated/α-hetero) is 2. The summed E-state index contributed by atoms with van der Waals surface area (Å²) in [6.45, 7) is 5.49. The van der Waals surface area contributed by atoms with Crippen LogP contribution in [-0.2, 0) is 14.3 Å². The Hall–Kier alpha value is -2.69. The van der Waals surface area contributed by atoms with Crippen molar-refractivity contribution >= 4 is 17.7 Å². The first-order chi connectivity index (χ1) is 12.8. The lowest BCUT2D eigenvalue weighted by Crippen LogP contribution is -2.24. The zero-order valence-electron chi connectivity index (χ0n) is 16.2. The highest BCUT2D eigenvalue weighted by Crippen LogP contribution is 2.37. The second-order valence-corrected chi connectivity index (χ2v) is 6.93. The largest absolute Gasteiger partial charge is 0.450 e. The molecule has 5 nitrogen and oxygen atoms in total. The van der Waals surface area contributed by atoms with Crippen LogP contribution < -0.4 is 5.73 Å². The first-order valence-corrected chi connectivity index (χ1v) is 9.29. The molecule has 1 aromatic carbocycles. The van der Waals surface area contributed by atoms with Gasteiger partial charge in [0.2, 0.25) is 0 Å². The molecule has 1 unspecified atom stereocenters. The van der Waals surface area contributed by atoms with Crippen molar-refractivity contribution in [2.24, 2.45) is 5.73 Å². The summed E-state index contributed by atoms with van der Waals surface area (Å²) in [5.74, 6) is -0.198. The average molecular weight is 369 g/mol. The normalized spacial score (nSPS) is 16.0. The van der Waals surface area contributed by atoms with Crippen molar-refractivity contribution in [1.82, 2.24) is 0 Å². The Labute approximate surface area is 160 Å². The summed E-state index contributed by atoms with van der Waals surface area (Å²) in [5, 5.41) is 0. The van der Waals surface area contributed by atoms with Crippen LogP contribution in [0.4, 0.5) is 4.79 Å². The maximum absolute atomic E-state index is 13.0. The van der Waals surface area contributed by atoms with E-state index in [1.807, 2.05) is 30.3 Å². The third-order valence-electron chi connectivity index (χ3n) is 5.16. The number of benzene rings is 1. The molecule has 144 valence electrons. The summed E-state index contributed by atoms with van der Waals surface area (Å²) in [6, 6.07) is 9.83. The number of unbranched alkanes of at least 4 members (excludes halogenated alkanes) is 2. The van der Waals surface area contributed by atoms with E-state index in [4.69, 9.17) is 10.5 Å². The van der Waals surface area contributed by atoms with Crippen molar-refractivity contribution in [2.45, 2.75) is 52.4 Å². The van der Waals surface area contributed by atoms with E-state index in [9.17, 15) is 14.4 Å². The molecule has 27 heavy (non-hydrogen) atoms. The van der Waals surface area contributed by atoms with Gasteiger partial charge in [-0.25, -0.2) is 4.79 Å². The van der Waals surface area contributed by atoms with Gasteiger partial charge in [0.25, 0.3) is 0 Å². The minimum atomic E-state index is -0.762. The molecule has 1 aromatic rings. The van der Waals surface area contributed by atoms with E-state index in [0.29, 0.717) is 35.3 Å². The van der Waals surface area contributed by atoms with Gasteiger partial charge in [-0.1, -0.05) is 43.2 Å². The van der Waals surface area contributed by atoms with Gasteiger partial charge in [-0.2, -0.15) is 0 Å². The molecule has 1 aliphatic rings. The second-order valence-electron chi connectivity index (χ2n) is 6.93. The molecule has 0 saturated heterocycles. The molecule has 1 amide bonds. The smallest absolute Gasteiger partial charge is 0.404 e. The van der Waals surface area contributed by atoms with Crippen molar-refractivity contribution in [3.8, 4) is 0 Å². The highest BCUT2D eigenvalue weighted by Gasteiger charge is 2.33. The van der Waals surface area contributed by atoms with E-state index in [1.165, 1.54) is 0 Å². The van der Waals surface area contributed by atoms with E-state index >= 15 is 0 Å². The third-order valence-corrected chi connectivity index (χ3v) is 5.16. The van der Waals surface area contributed by atoms with Crippen molar-refractivity contribution in [3.05, 3.63) is 58.2 Å². The number of ketones is 2. The second kappa shape index (κ2) is 9.31. The Kier molecular flexibility index (Phi) is 7.11. The lowest BCUT2D eigenvalue weighted by molar-refractivity contribution is -0.116. The summed E-state index contributed by atoms with van der Waals surface area (Å²) in [5.41, 5.74) is 8.23. The van der Waals surface area contributed by atoms with Gasteiger partial charge in [-0.05, 0) is 39.2 Å². The molecule has 0 saturated carbocycles. The number of carbonyl (C=O) groups excluding carboxylic acids is 3. The number of nitrogens with two attached hydrogens (primary N) is 1. The number of ether oxygens (including phenoxy) is 1. The summed E-state index contributed by atoms with van der Waals surface area (Å²) in [4.78, 5) is 36.2. The topological polar surface area (TPSA) is 86.5 Å². The number of hydrogen-bond donors (Lipinski definition) is 1. The molecular formula is C22H27NO4. The zero-order valence-corrected chi connectivity index (χ0v) is 16.2. The Balaban J connectivity index is 2.20. The molecule has 1 aliphatic carbocycles. The molecule has 0 heterocycles. The third kappa shape index (κ3) is 4.94. The van der Waals surface area contributed by atoms with Gasteiger partial charge in [-0.15, -0.1) is 0 Å². The van der Waals surface area contributed by atoms with Crippen LogP contribution in [0.15, 0.2) is 52.6 Å². The molecule has 0 fully saturated rings. The fourth-order valence-corrected chi connectivity index (χ4v) is 3.50. The van der Waals surface area contributed by atoms with Crippen molar-refractivity contribution in [2.75, 3.05) is 6.61 Å². The van der Waals surface area contributed by atoms with Crippen LogP contribution in [0.3, 0.4) is 0 Å². The minimum Gasteiger partial charge on any atom is -0.450 e. The fraction of sp³-hybridized carbons (Fsp3) is 0.409. The predicted molar refractivity (Wildman–Crippen MR) is 104 cm³/mol. The SMILES string of the molecule is CC1=C(C)C(=O)C(C(CCCCCOC(N)=O)c2ccccc2)=C(C)C1=O. The summed E-state index contributed by atoms with van der Waals surface area (Å²) in [7, 11) is 0. The minimum absolute atomic E-state index is 0.0319. The van der Waals surface area contributed by atoms with Gasteiger partial charge >= 0.3 is 6.09 Å². The van der Waals surface area contributed by atoms with E-state index in [2.05, 4.69) is 0 Å². The molecule has 0 aromatic heterocycles. The Morgan fingerprint density at radius 1 is 0.926 bits per heavy atom. The number of hydrogen-bond acceptors (Lipinski definition) is 4. The maximum atomic E-state index is 13.0. The van der Waals surface area contributed by atoms with E-state index in [1.54, 1.807) is 20.8 Å². The van der Waals surface area contributed by atoms with Gasteiger partial charge in [0.05, 0.1) is 6.61 Å². The molecule has 0 aliphatic heterocycles. The molecule has 0 bridgehead atoms. The van der Waals surface area contributed by atoms with Crippen LogP contribution in [0.1, 0.15) is 57.9 Å². The van der Waals surface area contributed by atoms with Crippen LogP contribution in [0.2, 0.25) is 0 Å². The van der Waals surface area contributed by atoms with Crippen LogP contribution in [0.25, 0.3) is 0 Å². The monoisotopic (exact) mass is 369 g/mol. The molecule has 5 heteroatoms. The van der Waals surface area contributed by atoms with Crippen molar-refractivity contribution in [1.29, 1.82) is 0 Å². The first kappa shape index (κ1) is 20.6. The number of rotatable bonds is 8. The maximum Gasteiger partial charge on any atom is 0.404 e. The van der Waals surface area contributed by atoms with Gasteiger partial charge in [-0.3, -0.25) is 9.59 Å². The van der Waals surface area contributed by atoms with Crippen molar-refractivity contribution < 1.29 is 19.1 Å². The number of primary amides is 1. The number of allylic oxidation sites excluding steroid dienone is 4. The van der Waals surface area contributed by atoms with Crippen LogP contribution in [0, 0.1) is 0 Å². The summed E-state index contributed by atoms with van der Waals surface area (Å²) < 4.78 is 4.75. The van der Waals surface area contributed by atoms with Gasteiger partial charge in [0, 0.05) is 28.2 Å². The van der Waals surface area contributed by atoms with Crippen LogP contribution in [-0.4, -0.2) is 24.3 Å². The van der Waals surface area contributed by atoms with E-state index < -0.39 is 6.09 Å². The summed E-state index contributed by atoms with van der Waals surface area (Å²) >= 11 is 0. The first-order valence-electron chi connectivity index (χ1n) is 9.29.